The quantitative estimate of drug-likeness (QED) is 0.179. The van der Waals surface area contributed by atoms with Gasteiger partial charge in [-0.3, -0.25) is 0 Å². The smallest absolute Gasteiger partial charge is 0.123 e. The molecular formula is C36H24F4N2. The summed E-state index contributed by atoms with van der Waals surface area (Å²) in [5.74, 6) is -1.36. The summed E-state index contributed by atoms with van der Waals surface area (Å²) in [5.41, 5.74) is 6.55. The highest BCUT2D eigenvalue weighted by Crippen LogP contribution is 2.38. The molecule has 42 heavy (non-hydrogen) atoms. The second-order valence-electron chi connectivity index (χ2n) is 9.67. The van der Waals surface area contributed by atoms with Crippen LogP contribution >= 0.6 is 0 Å². The summed E-state index contributed by atoms with van der Waals surface area (Å²) < 4.78 is 54.6. The monoisotopic (exact) mass is 560 g/mol. The maximum absolute atomic E-state index is 13.7. The average molecular weight is 561 g/mol. The fourth-order valence-electron chi connectivity index (χ4n) is 4.86. The first-order valence-corrected chi connectivity index (χ1v) is 13.3. The second kappa shape index (κ2) is 11.6. The fourth-order valence-corrected chi connectivity index (χ4v) is 4.86. The van der Waals surface area contributed by atoms with Crippen LogP contribution in [0, 0.1) is 23.3 Å². The Bertz CT molecular complexity index is 1540. The van der Waals surface area contributed by atoms with Gasteiger partial charge in [0.1, 0.15) is 23.3 Å². The van der Waals surface area contributed by atoms with Crippen molar-refractivity contribution in [2.24, 2.45) is 0 Å². The van der Waals surface area contributed by atoms with Crippen LogP contribution in [0.4, 0.5) is 51.7 Å². The molecule has 0 amide bonds. The zero-order valence-electron chi connectivity index (χ0n) is 22.3. The van der Waals surface area contributed by atoms with Crippen LogP contribution in [0.5, 0.6) is 0 Å². The molecule has 0 atom stereocenters. The lowest BCUT2D eigenvalue weighted by atomic mass is 10.0. The Kier molecular flexibility index (Phi) is 7.43. The maximum atomic E-state index is 13.7. The number of benzene rings is 6. The highest BCUT2D eigenvalue weighted by Gasteiger charge is 2.15. The predicted octanol–water partition coefficient (Wildman–Crippen LogP) is 10.8. The minimum Gasteiger partial charge on any atom is -0.310 e. The average Bonchev–Trinajstić information content (AvgIpc) is 3.02. The van der Waals surface area contributed by atoms with Gasteiger partial charge in [0.2, 0.25) is 0 Å². The van der Waals surface area contributed by atoms with E-state index in [2.05, 4.69) is 0 Å². The van der Waals surface area contributed by atoms with E-state index in [1.807, 2.05) is 58.3 Å². The molecule has 0 saturated heterocycles. The van der Waals surface area contributed by atoms with E-state index in [0.29, 0.717) is 0 Å². The van der Waals surface area contributed by atoms with E-state index in [-0.39, 0.29) is 23.3 Å². The molecule has 6 aromatic carbocycles. The summed E-state index contributed by atoms with van der Waals surface area (Å²) >= 11 is 0. The first-order valence-electron chi connectivity index (χ1n) is 13.3. The van der Waals surface area contributed by atoms with Crippen LogP contribution in [-0.4, -0.2) is 0 Å². The minimum atomic E-state index is -0.339. The summed E-state index contributed by atoms with van der Waals surface area (Å²) in [6.07, 6.45) is 0. The van der Waals surface area contributed by atoms with Gasteiger partial charge in [-0.15, -0.1) is 0 Å². The summed E-state index contributed by atoms with van der Waals surface area (Å²) in [6, 6.07) is 40.4. The third kappa shape index (κ3) is 5.74. The molecule has 0 aliphatic carbocycles. The molecule has 0 saturated carbocycles. The van der Waals surface area contributed by atoms with Crippen molar-refractivity contribution < 1.29 is 17.6 Å². The van der Waals surface area contributed by atoms with Gasteiger partial charge in [-0.2, -0.15) is 0 Å². The van der Waals surface area contributed by atoms with Gasteiger partial charge < -0.3 is 9.80 Å². The lowest BCUT2D eigenvalue weighted by molar-refractivity contribution is 0.627. The van der Waals surface area contributed by atoms with Gasteiger partial charge in [0, 0.05) is 34.1 Å². The minimum absolute atomic E-state index is 0.339. The van der Waals surface area contributed by atoms with Crippen molar-refractivity contribution in [1.29, 1.82) is 0 Å². The summed E-state index contributed by atoms with van der Waals surface area (Å²) in [7, 11) is 0. The standard InChI is InChI=1S/C36H24F4N2/c37-27-5-17-33(18-6-27)41(34-19-7-28(38)8-20-34)31-13-1-25(2-14-31)26-3-15-32(16-4-26)42(35-21-9-29(39)10-22-35)36-23-11-30(40)12-24-36/h1-24H. The highest BCUT2D eigenvalue weighted by atomic mass is 19.1. The molecular weight excluding hydrogens is 536 g/mol. The Hall–Kier alpha value is -5.36. The van der Waals surface area contributed by atoms with Gasteiger partial charge in [0.15, 0.2) is 0 Å². The molecule has 6 aromatic rings. The number of nitrogens with zero attached hydrogens (tertiary/aromatic N) is 2. The molecule has 0 aromatic heterocycles. The second-order valence-corrected chi connectivity index (χ2v) is 9.67. The number of hydrogen-bond donors (Lipinski definition) is 0. The fraction of sp³-hybridized carbons (Fsp3) is 0. The first-order chi connectivity index (χ1) is 20.4. The van der Waals surface area contributed by atoms with Gasteiger partial charge >= 0.3 is 0 Å². The van der Waals surface area contributed by atoms with E-state index in [1.54, 1.807) is 48.5 Å². The van der Waals surface area contributed by atoms with Crippen LogP contribution in [0.3, 0.4) is 0 Å². The van der Waals surface area contributed by atoms with Crippen molar-refractivity contribution >= 4 is 34.1 Å². The lowest BCUT2D eigenvalue weighted by Gasteiger charge is -2.26. The van der Waals surface area contributed by atoms with Gasteiger partial charge in [0.05, 0.1) is 0 Å². The van der Waals surface area contributed by atoms with E-state index in [4.69, 9.17) is 0 Å². The maximum Gasteiger partial charge on any atom is 0.123 e. The number of anilines is 6. The molecule has 2 nitrogen and oxygen atoms in total. The Balaban J connectivity index is 1.31. The lowest BCUT2D eigenvalue weighted by Crippen LogP contribution is -2.10. The molecule has 0 radical (unpaired) electrons. The van der Waals surface area contributed by atoms with Crippen molar-refractivity contribution in [3.63, 3.8) is 0 Å². The van der Waals surface area contributed by atoms with Gasteiger partial charge in [-0.25, -0.2) is 17.6 Å². The van der Waals surface area contributed by atoms with Crippen LogP contribution in [0.1, 0.15) is 0 Å². The molecule has 6 heteroatoms. The van der Waals surface area contributed by atoms with E-state index >= 15 is 0 Å². The Morgan fingerprint density at radius 1 is 0.238 bits per heavy atom. The van der Waals surface area contributed by atoms with E-state index < -0.39 is 0 Å². The Labute approximate surface area is 241 Å². The van der Waals surface area contributed by atoms with Crippen molar-refractivity contribution in [2.45, 2.75) is 0 Å². The van der Waals surface area contributed by atoms with Gasteiger partial charge in [-0.1, -0.05) is 24.3 Å². The van der Waals surface area contributed by atoms with Crippen molar-refractivity contribution in [3.05, 3.63) is 169 Å². The zero-order valence-corrected chi connectivity index (χ0v) is 22.3. The van der Waals surface area contributed by atoms with E-state index in [0.717, 1.165) is 45.3 Å². The summed E-state index contributed by atoms with van der Waals surface area (Å²) in [5, 5.41) is 0. The number of hydrogen-bond acceptors (Lipinski definition) is 2. The van der Waals surface area contributed by atoms with Crippen molar-refractivity contribution in [2.75, 3.05) is 9.80 Å². The topological polar surface area (TPSA) is 6.48 Å². The Morgan fingerprint density at radius 3 is 0.595 bits per heavy atom. The molecule has 0 unspecified atom stereocenters. The Morgan fingerprint density at radius 2 is 0.405 bits per heavy atom. The van der Waals surface area contributed by atoms with Gasteiger partial charge in [-0.05, 0) is 132 Å². The molecule has 0 fully saturated rings. The van der Waals surface area contributed by atoms with Crippen molar-refractivity contribution in [3.8, 4) is 11.1 Å². The number of halogens is 4. The van der Waals surface area contributed by atoms with E-state index in [1.165, 1.54) is 48.5 Å². The molecule has 0 heterocycles. The first kappa shape index (κ1) is 26.8. The van der Waals surface area contributed by atoms with Gasteiger partial charge in [0.25, 0.3) is 0 Å². The van der Waals surface area contributed by atoms with Crippen LogP contribution in [0.15, 0.2) is 146 Å². The van der Waals surface area contributed by atoms with Crippen LogP contribution in [0.25, 0.3) is 11.1 Å². The third-order valence-electron chi connectivity index (χ3n) is 6.92. The summed E-state index contributed by atoms with van der Waals surface area (Å²) in [6.45, 7) is 0. The van der Waals surface area contributed by atoms with Crippen LogP contribution < -0.4 is 9.80 Å². The van der Waals surface area contributed by atoms with Crippen LogP contribution in [-0.2, 0) is 0 Å². The largest absolute Gasteiger partial charge is 0.310 e. The SMILES string of the molecule is Fc1ccc(N(c2ccc(F)cc2)c2ccc(-c3ccc(N(c4ccc(F)cc4)c4ccc(F)cc4)cc3)cc2)cc1. The van der Waals surface area contributed by atoms with Crippen molar-refractivity contribution in [1.82, 2.24) is 0 Å². The molecule has 0 aliphatic rings. The zero-order chi connectivity index (χ0) is 29.1. The molecule has 206 valence electrons. The third-order valence-corrected chi connectivity index (χ3v) is 6.92. The predicted molar refractivity (Wildman–Crippen MR) is 161 cm³/mol. The molecule has 0 bridgehead atoms. The van der Waals surface area contributed by atoms with E-state index in [9.17, 15) is 17.6 Å². The molecule has 0 spiro atoms. The molecule has 0 aliphatic heterocycles. The summed E-state index contributed by atoms with van der Waals surface area (Å²) in [4.78, 5) is 3.85. The molecule has 0 N–H and O–H groups in total. The highest BCUT2D eigenvalue weighted by molar-refractivity contribution is 5.80. The van der Waals surface area contributed by atoms with Crippen LogP contribution in [0.2, 0.25) is 0 Å². The number of rotatable bonds is 7. The normalized spacial score (nSPS) is 10.9. The molecule has 6 rings (SSSR count).